The maximum Gasteiger partial charge on any atom is 0.198 e. The van der Waals surface area contributed by atoms with Crippen LogP contribution in [-0.2, 0) is 0 Å². The van der Waals surface area contributed by atoms with Gasteiger partial charge in [0.2, 0.25) is 0 Å². The van der Waals surface area contributed by atoms with E-state index in [1.807, 2.05) is 6.92 Å². The lowest BCUT2D eigenvalue weighted by Gasteiger charge is -2.12. The number of nitrogens with two attached hydrogens (primary N) is 1. The molecule has 1 heterocycles. The number of rotatable bonds is 11. The predicted molar refractivity (Wildman–Crippen MR) is 107 cm³/mol. The Bertz CT molecular complexity index is 701. The fourth-order valence-corrected chi connectivity index (χ4v) is 3.61. The van der Waals surface area contributed by atoms with Crippen molar-refractivity contribution in [1.29, 1.82) is 0 Å². The summed E-state index contributed by atoms with van der Waals surface area (Å²) in [5.41, 5.74) is 6.09. The highest BCUT2D eigenvalue weighted by Gasteiger charge is 2.10. The van der Waals surface area contributed by atoms with Crippen molar-refractivity contribution in [3.05, 3.63) is 34.3 Å². The van der Waals surface area contributed by atoms with E-state index in [1.165, 1.54) is 12.1 Å². The van der Waals surface area contributed by atoms with Crippen LogP contribution in [0.4, 0.5) is 19.6 Å². The monoisotopic (exact) mass is 421 g/mol. The molecule has 26 heavy (non-hydrogen) atoms. The second kappa shape index (κ2) is 10.9. The molecule has 0 aliphatic carbocycles. The molecule has 2 rings (SSSR count). The third-order valence-electron chi connectivity index (χ3n) is 3.51. The number of unbranched alkanes of at least 4 members (excludes halogenated alkanes) is 1. The minimum absolute atomic E-state index is 0.311. The molecular formula is C16H22ClF2N5S2. The smallest absolute Gasteiger partial charge is 0.198 e. The third kappa shape index (κ3) is 6.88. The molecule has 0 aliphatic rings. The Morgan fingerprint density at radius 3 is 2.77 bits per heavy atom. The van der Waals surface area contributed by atoms with Crippen LogP contribution in [0.2, 0.25) is 5.02 Å². The molecule has 0 fully saturated rings. The van der Waals surface area contributed by atoms with E-state index in [1.54, 1.807) is 0 Å². The Labute approximate surface area is 165 Å². The molecule has 0 saturated carbocycles. The zero-order valence-electron chi connectivity index (χ0n) is 14.3. The highest BCUT2D eigenvalue weighted by Crippen LogP contribution is 2.32. The van der Waals surface area contributed by atoms with Crippen molar-refractivity contribution in [2.24, 2.45) is 5.73 Å². The summed E-state index contributed by atoms with van der Waals surface area (Å²) in [5.74, 6) is -0.412. The van der Waals surface area contributed by atoms with Gasteiger partial charge in [0.15, 0.2) is 10.3 Å². The summed E-state index contributed by atoms with van der Waals surface area (Å²) < 4.78 is 29.9. The van der Waals surface area contributed by atoms with Gasteiger partial charge in [-0.05, 0) is 50.4 Å². The zero-order valence-corrected chi connectivity index (χ0v) is 16.7. The summed E-state index contributed by atoms with van der Waals surface area (Å²) in [6.45, 7) is 4.24. The quantitative estimate of drug-likeness (QED) is 0.320. The molecule has 2 aromatic rings. The first kappa shape index (κ1) is 21.2. The first-order valence-electron chi connectivity index (χ1n) is 8.20. The lowest BCUT2D eigenvalue weighted by atomic mass is 10.2. The minimum atomic E-state index is -0.412. The van der Waals surface area contributed by atoms with E-state index in [2.05, 4.69) is 20.3 Å². The number of thiazole rings is 1. The average Bonchev–Trinajstić information content (AvgIpc) is 3.04. The SMILES string of the molecule is C[C@@H](CN)NCCCCNc1cc(F)c(SNc2ncc(F)s2)cc1Cl. The standard InChI is InChI=1S/C16H22ClF2N5S2/c1-10(8-20)21-4-2-3-5-22-13-7-12(18)14(6-11(13)17)26-24-16-23-9-15(19)25-16/h6-7,9-10,21-22H,2-5,8,20H2,1H3,(H,23,24)/t10-/m0/s1. The summed E-state index contributed by atoms with van der Waals surface area (Å²) in [6, 6.07) is 3.21. The summed E-state index contributed by atoms with van der Waals surface area (Å²) in [7, 11) is 0. The van der Waals surface area contributed by atoms with Gasteiger partial charge in [0.05, 0.1) is 21.8 Å². The van der Waals surface area contributed by atoms with Gasteiger partial charge in [-0.3, -0.25) is 0 Å². The van der Waals surface area contributed by atoms with Crippen LogP contribution < -0.4 is 21.1 Å². The highest BCUT2D eigenvalue weighted by molar-refractivity contribution is 8.00. The molecule has 0 amide bonds. The highest BCUT2D eigenvalue weighted by atomic mass is 35.5. The van der Waals surface area contributed by atoms with E-state index in [0.717, 1.165) is 48.9 Å². The summed E-state index contributed by atoms with van der Waals surface area (Å²) in [6.07, 6.45) is 3.02. The molecule has 5 nitrogen and oxygen atoms in total. The first-order valence-corrected chi connectivity index (χ1v) is 10.2. The first-order chi connectivity index (χ1) is 12.5. The number of hydrogen-bond donors (Lipinski definition) is 4. The molecular weight excluding hydrogens is 400 g/mol. The zero-order chi connectivity index (χ0) is 18.9. The Morgan fingerprint density at radius 1 is 1.31 bits per heavy atom. The van der Waals surface area contributed by atoms with Crippen molar-refractivity contribution >= 4 is 45.7 Å². The lowest BCUT2D eigenvalue weighted by molar-refractivity contribution is 0.537. The summed E-state index contributed by atoms with van der Waals surface area (Å²) in [4.78, 5) is 4.13. The van der Waals surface area contributed by atoms with Crippen molar-refractivity contribution in [1.82, 2.24) is 10.3 Å². The van der Waals surface area contributed by atoms with Crippen LogP contribution in [0.5, 0.6) is 0 Å². The van der Waals surface area contributed by atoms with Crippen LogP contribution in [-0.4, -0.2) is 30.7 Å². The van der Waals surface area contributed by atoms with Gasteiger partial charge >= 0.3 is 0 Å². The second-order valence-corrected chi connectivity index (χ2v) is 7.90. The van der Waals surface area contributed by atoms with Gasteiger partial charge < -0.3 is 21.1 Å². The van der Waals surface area contributed by atoms with Crippen molar-refractivity contribution in [2.45, 2.75) is 30.7 Å². The maximum atomic E-state index is 14.2. The van der Waals surface area contributed by atoms with E-state index < -0.39 is 10.9 Å². The van der Waals surface area contributed by atoms with Gasteiger partial charge in [0.25, 0.3) is 0 Å². The van der Waals surface area contributed by atoms with Crippen molar-refractivity contribution in [3.63, 3.8) is 0 Å². The van der Waals surface area contributed by atoms with Crippen LogP contribution in [0.1, 0.15) is 19.8 Å². The van der Waals surface area contributed by atoms with E-state index in [0.29, 0.717) is 39.9 Å². The average molecular weight is 422 g/mol. The Hall–Kier alpha value is -1.13. The van der Waals surface area contributed by atoms with Crippen LogP contribution in [0.15, 0.2) is 23.2 Å². The van der Waals surface area contributed by atoms with E-state index in [-0.39, 0.29) is 0 Å². The van der Waals surface area contributed by atoms with Crippen molar-refractivity contribution in [3.8, 4) is 0 Å². The van der Waals surface area contributed by atoms with Gasteiger partial charge in [0.1, 0.15) is 5.82 Å². The predicted octanol–water partition coefficient (Wildman–Crippen LogP) is 4.32. The normalized spacial score (nSPS) is 12.2. The van der Waals surface area contributed by atoms with Crippen LogP contribution >= 0.6 is 34.9 Å². The minimum Gasteiger partial charge on any atom is -0.384 e. The van der Waals surface area contributed by atoms with Crippen molar-refractivity contribution < 1.29 is 8.78 Å². The number of halogens is 3. The summed E-state index contributed by atoms with van der Waals surface area (Å²) in [5, 5.41) is 6.84. The largest absolute Gasteiger partial charge is 0.384 e. The number of hydrogen-bond acceptors (Lipinski definition) is 7. The topological polar surface area (TPSA) is 75.0 Å². The number of benzene rings is 1. The number of anilines is 2. The van der Waals surface area contributed by atoms with E-state index in [9.17, 15) is 8.78 Å². The van der Waals surface area contributed by atoms with Gasteiger partial charge in [-0.25, -0.2) is 9.37 Å². The molecule has 0 saturated heterocycles. The van der Waals surface area contributed by atoms with Crippen LogP contribution in [0, 0.1) is 10.9 Å². The van der Waals surface area contributed by atoms with Crippen LogP contribution in [0.3, 0.4) is 0 Å². The molecule has 1 aromatic heterocycles. The van der Waals surface area contributed by atoms with Crippen LogP contribution in [0.25, 0.3) is 0 Å². The molecule has 0 aliphatic heterocycles. The number of nitrogens with one attached hydrogen (secondary N) is 3. The second-order valence-electron chi connectivity index (χ2n) is 5.66. The summed E-state index contributed by atoms with van der Waals surface area (Å²) >= 11 is 8.07. The molecule has 0 bridgehead atoms. The molecule has 1 aromatic carbocycles. The fraction of sp³-hybridized carbons (Fsp3) is 0.438. The Balaban J connectivity index is 1.78. The van der Waals surface area contributed by atoms with Gasteiger partial charge in [-0.15, -0.1) is 0 Å². The fourth-order valence-electron chi connectivity index (χ4n) is 2.05. The maximum absolute atomic E-state index is 14.2. The molecule has 0 radical (unpaired) electrons. The number of nitrogens with zero attached hydrogens (tertiary/aromatic N) is 1. The van der Waals surface area contributed by atoms with Gasteiger partial charge in [-0.1, -0.05) is 22.9 Å². The van der Waals surface area contributed by atoms with E-state index in [4.69, 9.17) is 17.3 Å². The third-order valence-corrected chi connectivity index (χ3v) is 5.48. The van der Waals surface area contributed by atoms with Crippen molar-refractivity contribution in [2.75, 3.05) is 29.7 Å². The molecule has 5 N–H and O–H groups in total. The molecule has 0 unspecified atom stereocenters. The van der Waals surface area contributed by atoms with Gasteiger partial charge in [-0.2, -0.15) is 4.39 Å². The van der Waals surface area contributed by atoms with Gasteiger partial charge in [0, 0.05) is 19.1 Å². The molecule has 144 valence electrons. The molecule has 1 atom stereocenters. The Morgan fingerprint density at radius 2 is 2.08 bits per heavy atom. The number of aromatic nitrogens is 1. The molecule has 0 spiro atoms. The Kier molecular flexibility index (Phi) is 8.86. The molecule has 10 heteroatoms. The van der Waals surface area contributed by atoms with E-state index >= 15 is 0 Å². The lowest BCUT2D eigenvalue weighted by Crippen LogP contribution is -2.33.